The molecule has 2 N–H and O–H groups in total. The van der Waals surface area contributed by atoms with E-state index in [0.29, 0.717) is 56.2 Å². The topological polar surface area (TPSA) is 90.3 Å². The van der Waals surface area contributed by atoms with E-state index in [9.17, 15) is 9.18 Å². The molecule has 5 rings (SSSR count). The Morgan fingerprint density at radius 2 is 1.88 bits per heavy atom. The molecule has 1 unspecified atom stereocenters. The van der Waals surface area contributed by atoms with Crippen LogP contribution in [0.5, 0.6) is 11.5 Å². The molecule has 8 nitrogen and oxygen atoms in total. The first-order valence-electron chi connectivity index (χ1n) is 13.7. The van der Waals surface area contributed by atoms with Crippen molar-refractivity contribution >= 4 is 45.2 Å². The van der Waals surface area contributed by atoms with E-state index in [4.69, 9.17) is 19.6 Å². The number of benzene rings is 3. The number of anilines is 2. The van der Waals surface area contributed by atoms with Gasteiger partial charge in [0.15, 0.2) is 11.5 Å². The Kier molecular flexibility index (Phi) is 9.48. The van der Waals surface area contributed by atoms with E-state index in [1.165, 1.54) is 6.07 Å². The van der Waals surface area contributed by atoms with E-state index in [1.54, 1.807) is 34.6 Å². The summed E-state index contributed by atoms with van der Waals surface area (Å²) in [5.74, 6) is 1.69. The molecule has 218 valence electrons. The van der Waals surface area contributed by atoms with Gasteiger partial charge in [0.1, 0.15) is 18.5 Å². The minimum absolute atomic E-state index is 0.0209. The standard InChI is InChI=1S/C31H31BrFN5O3S/c1-4-15-42-31-36-30-34-19(3)26(29(39)35-22-12-7-6-8-13-22)27(38(30)37-31)21-16-23(32)28(25(17-21)40-5-2)41-18-20-11-9-10-14-24(20)33/h6-14,16-17,27H,4-5,15,18H2,1-3H3,(H,35,39)(H,34,36,37). The van der Waals surface area contributed by atoms with Crippen molar-refractivity contribution in [1.82, 2.24) is 14.8 Å². The lowest BCUT2D eigenvalue weighted by Crippen LogP contribution is -2.31. The highest BCUT2D eigenvalue weighted by molar-refractivity contribution is 9.10. The van der Waals surface area contributed by atoms with Crippen LogP contribution in [0.25, 0.3) is 0 Å². The number of allylic oxidation sites excluding steroid dienone is 1. The van der Waals surface area contributed by atoms with Crippen LogP contribution in [0.2, 0.25) is 0 Å². The summed E-state index contributed by atoms with van der Waals surface area (Å²) < 4.78 is 28.7. The maximum atomic E-state index is 14.3. The average molecular weight is 653 g/mol. The third-order valence-corrected chi connectivity index (χ3v) is 8.15. The highest BCUT2D eigenvalue weighted by Gasteiger charge is 2.35. The van der Waals surface area contributed by atoms with Crippen LogP contribution >= 0.6 is 27.7 Å². The van der Waals surface area contributed by atoms with Crippen molar-refractivity contribution in [2.24, 2.45) is 0 Å². The summed E-state index contributed by atoms with van der Waals surface area (Å²) in [6.45, 7) is 6.23. The van der Waals surface area contributed by atoms with Crippen LogP contribution in [0.15, 0.2) is 87.6 Å². The molecule has 2 heterocycles. The van der Waals surface area contributed by atoms with Crippen LogP contribution in [-0.4, -0.2) is 33.0 Å². The Bertz CT molecular complexity index is 1610. The quantitative estimate of drug-likeness (QED) is 0.162. The van der Waals surface area contributed by atoms with E-state index >= 15 is 0 Å². The maximum absolute atomic E-state index is 14.3. The van der Waals surface area contributed by atoms with Crippen LogP contribution in [0.1, 0.15) is 44.4 Å². The first-order chi connectivity index (χ1) is 20.4. The van der Waals surface area contributed by atoms with Gasteiger partial charge < -0.3 is 20.1 Å². The molecular weight excluding hydrogens is 621 g/mol. The van der Waals surface area contributed by atoms with Gasteiger partial charge in [0.25, 0.3) is 5.91 Å². The van der Waals surface area contributed by atoms with Gasteiger partial charge in [-0.2, -0.15) is 4.98 Å². The van der Waals surface area contributed by atoms with Gasteiger partial charge in [0.2, 0.25) is 11.1 Å². The second kappa shape index (κ2) is 13.4. The zero-order chi connectivity index (χ0) is 29.6. The molecule has 0 saturated carbocycles. The molecule has 1 aliphatic rings. The molecule has 1 amide bonds. The highest BCUT2D eigenvalue weighted by atomic mass is 79.9. The van der Waals surface area contributed by atoms with Crippen molar-refractivity contribution in [3.63, 3.8) is 0 Å². The Morgan fingerprint density at radius 3 is 2.62 bits per heavy atom. The third kappa shape index (κ3) is 6.47. The number of carbonyl (C=O) groups is 1. The molecule has 42 heavy (non-hydrogen) atoms. The molecule has 0 radical (unpaired) electrons. The minimum Gasteiger partial charge on any atom is -0.490 e. The van der Waals surface area contributed by atoms with Crippen LogP contribution in [-0.2, 0) is 11.4 Å². The number of amides is 1. The summed E-state index contributed by atoms with van der Waals surface area (Å²) in [5, 5.41) is 11.7. The molecule has 1 aliphatic heterocycles. The number of hydrogen-bond acceptors (Lipinski definition) is 7. The summed E-state index contributed by atoms with van der Waals surface area (Å²) >= 11 is 5.21. The van der Waals surface area contributed by atoms with Crippen LogP contribution < -0.4 is 20.1 Å². The summed E-state index contributed by atoms with van der Waals surface area (Å²) in [4.78, 5) is 18.5. The molecular formula is C31H31BrFN5O3S. The van der Waals surface area contributed by atoms with Crippen LogP contribution in [0.3, 0.4) is 0 Å². The largest absolute Gasteiger partial charge is 0.490 e. The Morgan fingerprint density at radius 1 is 1.12 bits per heavy atom. The molecule has 0 bridgehead atoms. The van der Waals surface area contributed by atoms with Gasteiger partial charge in [0, 0.05) is 22.7 Å². The van der Waals surface area contributed by atoms with E-state index in [1.807, 2.05) is 56.3 Å². The zero-order valence-electron chi connectivity index (χ0n) is 23.5. The molecule has 0 spiro atoms. The smallest absolute Gasteiger partial charge is 0.255 e. The first-order valence-corrected chi connectivity index (χ1v) is 15.4. The van der Waals surface area contributed by atoms with Gasteiger partial charge >= 0.3 is 0 Å². The molecule has 4 aromatic rings. The normalized spacial score (nSPS) is 14.3. The summed E-state index contributed by atoms with van der Waals surface area (Å²) in [6.07, 6.45) is 0.979. The van der Waals surface area contributed by atoms with E-state index in [-0.39, 0.29) is 18.3 Å². The summed E-state index contributed by atoms with van der Waals surface area (Å²) in [6, 6.07) is 18.9. The van der Waals surface area contributed by atoms with Gasteiger partial charge in [-0.15, -0.1) is 5.10 Å². The zero-order valence-corrected chi connectivity index (χ0v) is 25.9. The van der Waals surface area contributed by atoms with Crippen LogP contribution in [0.4, 0.5) is 16.0 Å². The third-order valence-electron chi connectivity index (χ3n) is 6.52. The fourth-order valence-corrected chi connectivity index (χ4v) is 5.88. The van der Waals surface area contributed by atoms with Gasteiger partial charge in [0.05, 0.1) is 16.7 Å². The fraction of sp³-hybridized carbons (Fsp3) is 0.258. The van der Waals surface area contributed by atoms with Crippen molar-refractivity contribution < 1.29 is 18.7 Å². The second-order valence-electron chi connectivity index (χ2n) is 9.54. The Hall–Kier alpha value is -3.83. The van der Waals surface area contributed by atoms with Crippen molar-refractivity contribution in [2.75, 3.05) is 23.0 Å². The number of fused-ring (bicyclic) bond motifs is 1. The molecule has 0 saturated heterocycles. The SMILES string of the molecule is CCCSc1nc2n(n1)C(c1cc(Br)c(OCc3ccccc3F)c(OCC)c1)C(C(=O)Nc1ccccc1)=C(C)N2. The number of aromatic nitrogens is 3. The van der Waals surface area contributed by atoms with E-state index in [0.717, 1.165) is 17.7 Å². The summed E-state index contributed by atoms with van der Waals surface area (Å²) in [7, 11) is 0. The lowest BCUT2D eigenvalue weighted by molar-refractivity contribution is -0.113. The predicted octanol–water partition coefficient (Wildman–Crippen LogP) is 7.59. The number of halogens is 2. The van der Waals surface area contributed by atoms with E-state index in [2.05, 4.69) is 33.5 Å². The fourth-order valence-electron chi connectivity index (χ4n) is 4.62. The molecule has 11 heteroatoms. The summed E-state index contributed by atoms with van der Waals surface area (Å²) in [5.41, 5.74) is 2.99. The molecule has 0 aliphatic carbocycles. The lowest BCUT2D eigenvalue weighted by atomic mass is 9.94. The van der Waals surface area contributed by atoms with Crippen molar-refractivity contribution in [2.45, 2.75) is 45.0 Å². The predicted molar refractivity (Wildman–Crippen MR) is 167 cm³/mol. The molecule has 3 aromatic carbocycles. The Balaban J connectivity index is 1.57. The van der Waals surface area contributed by atoms with Crippen molar-refractivity contribution in [3.8, 4) is 11.5 Å². The average Bonchev–Trinajstić information content (AvgIpc) is 3.38. The number of nitrogens with zero attached hydrogens (tertiary/aromatic N) is 3. The number of thioether (sulfide) groups is 1. The Labute approximate surface area is 256 Å². The number of nitrogens with one attached hydrogen (secondary N) is 2. The number of hydrogen-bond donors (Lipinski definition) is 2. The molecule has 0 fully saturated rings. The highest BCUT2D eigenvalue weighted by Crippen LogP contribution is 2.43. The number of rotatable bonds is 11. The van der Waals surface area contributed by atoms with Crippen molar-refractivity contribution in [1.29, 1.82) is 0 Å². The maximum Gasteiger partial charge on any atom is 0.255 e. The first kappa shape index (κ1) is 29.7. The van der Waals surface area contributed by atoms with Crippen LogP contribution in [0, 0.1) is 5.82 Å². The monoisotopic (exact) mass is 651 g/mol. The molecule has 1 atom stereocenters. The number of ether oxygens (including phenoxy) is 2. The van der Waals surface area contributed by atoms with Gasteiger partial charge in [-0.3, -0.25) is 4.79 Å². The molecule has 1 aromatic heterocycles. The minimum atomic E-state index is -0.621. The van der Waals surface area contributed by atoms with Gasteiger partial charge in [-0.1, -0.05) is 55.1 Å². The van der Waals surface area contributed by atoms with Gasteiger partial charge in [-0.25, -0.2) is 9.07 Å². The second-order valence-corrected chi connectivity index (χ2v) is 11.5. The number of carbonyl (C=O) groups excluding carboxylic acids is 1. The number of para-hydroxylation sites is 1. The lowest BCUT2D eigenvalue weighted by Gasteiger charge is -2.29. The van der Waals surface area contributed by atoms with Crippen molar-refractivity contribution in [3.05, 3.63) is 99.4 Å². The van der Waals surface area contributed by atoms with Gasteiger partial charge in [-0.05, 0) is 72.1 Å². The van der Waals surface area contributed by atoms with E-state index < -0.39 is 6.04 Å².